The number of ether oxygens (including phenoxy) is 1. The second-order valence-electron chi connectivity index (χ2n) is 6.24. The first-order valence-electron chi connectivity index (χ1n) is 9.11. The van der Waals surface area contributed by atoms with Gasteiger partial charge in [-0.15, -0.1) is 0 Å². The molecule has 6 nitrogen and oxygen atoms in total. The molecule has 6 heteroatoms. The maximum atomic E-state index is 5.69. The Bertz CT molecular complexity index is 992. The molecular formula is C20H22N4O2. The molecule has 0 spiro atoms. The highest BCUT2D eigenvalue weighted by atomic mass is 16.5. The van der Waals surface area contributed by atoms with E-state index in [4.69, 9.17) is 14.1 Å². The largest absolute Gasteiger partial charge is 0.461 e. The van der Waals surface area contributed by atoms with Gasteiger partial charge in [-0.25, -0.2) is 15.0 Å². The van der Waals surface area contributed by atoms with Crippen molar-refractivity contribution in [3.8, 4) is 11.6 Å². The predicted octanol–water partition coefficient (Wildman–Crippen LogP) is 4.45. The molecule has 0 aliphatic rings. The van der Waals surface area contributed by atoms with Crippen LogP contribution in [0, 0.1) is 0 Å². The minimum Gasteiger partial charge on any atom is -0.461 e. The van der Waals surface area contributed by atoms with E-state index in [2.05, 4.69) is 21.5 Å². The highest BCUT2D eigenvalue weighted by Gasteiger charge is 2.17. The fourth-order valence-electron chi connectivity index (χ4n) is 2.98. The van der Waals surface area contributed by atoms with Crippen LogP contribution in [0.3, 0.4) is 0 Å². The first kappa shape index (κ1) is 16.7. The Balaban J connectivity index is 1.67. The van der Waals surface area contributed by atoms with Crippen molar-refractivity contribution in [3.63, 3.8) is 0 Å². The molecule has 0 fully saturated rings. The number of hydrogen-bond donors (Lipinski definition) is 0. The van der Waals surface area contributed by atoms with Crippen LogP contribution in [0.25, 0.3) is 33.9 Å². The molecule has 0 unspecified atom stereocenters. The van der Waals surface area contributed by atoms with E-state index in [1.807, 2.05) is 36.4 Å². The Kier molecular flexibility index (Phi) is 4.93. The van der Waals surface area contributed by atoms with Crippen LogP contribution in [0.4, 0.5) is 0 Å². The number of furan rings is 1. The van der Waals surface area contributed by atoms with Gasteiger partial charge in [0.2, 0.25) is 0 Å². The number of benzene rings is 1. The average molecular weight is 350 g/mol. The van der Waals surface area contributed by atoms with Gasteiger partial charge in [0.15, 0.2) is 22.9 Å². The van der Waals surface area contributed by atoms with Crippen molar-refractivity contribution in [2.45, 2.75) is 32.7 Å². The smallest absolute Gasteiger partial charge is 0.198 e. The van der Waals surface area contributed by atoms with Gasteiger partial charge in [0.05, 0.1) is 17.3 Å². The van der Waals surface area contributed by atoms with Crippen molar-refractivity contribution in [1.82, 2.24) is 19.5 Å². The molecule has 3 heterocycles. The first-order chi connectivity index (χ1) is 12.9. The summed E-state index contributed by atoms with van der Waals surface area (Å²) >= 11 is 0. The van der Waals surface area contributed by atoms with Gasteiger partial charge in [0, 0.05) is 19.8 Å². The third kappa shape index (κ3) is 3.32. The fourth-order valence-corrected chi connectivity index (χ4v) is 2.98. The topological polar surface area (TPSA) is 66.0 Å². The maximum Gasteiger partial charge on any atom is 0.198 e. The van der Waals surface area contributed by atoms with Crippen molar-refractivity contribution < 1.29 is 9.15 Å². The summed E-state index contributed by atoms with van der Waals surface area (Å²) in [5.74, 6) is 1.48. The van der Waals surface area contributed by atoms with Crippen LogP contribution in [0.1, 0.15) is 26.2 Å². The molecule has 0 aliphatic carbocycles. The van der Waals surface area contributed by atoms with E-state index >= 15 is 0 Å². The number of fused-ring (bicyclic) bond motifs is 2. The molecule has 0 aliphatic heterocycles. The summed E-state index contributed by atoms with van der Waals surface area (Å²) < 4.78 is 13.3. The minimum atomic E-state index is 0.641. The van der Waals surface area contributed by atoms with E-state index in [-0.39, 0.29) is 0 Å². The molecule has 0 saturated carbocycles. The zero-order valence-electron chi connectivity index (χ0n) is 14.9. The number of para-hydroxylation sites is 2. The summed E-state index contributed by atoms with van der Waals surface area (Å²) in [6, 6.07) is 11.6. The Labute approximate surface area is 151 Å². The molecule has 0 atom stereocenters. The lowest BCUT2D eigenvalue weighted by atomic mass is 10.3. The highest BCUT2D eigenvalue weighted by molar-refractivity contribution is 5.84. The zero-order valence-corrected chi connectivity index (χ0v) is 14.9. The molecule has 3 aromatic heterocycles. The molecule has 0 amide bonds. The Hall–Kier alpha value is -2.73. The van der Waals surface area contributed by atoms with Gasteiger partial charge in [-0.3, -0.25) is 0 Å². The number of aryl methyl sites for hydroxylation is 1. The lowest BCUT2D eigenvalue weighted by Gasteiger charge is -2.08. The lowest BCUT2D eigenvalue weighted by molar-refractivity contribution is 0.126. The SMILES string of the molecule is CCCCOCCCn1c(-c2ccco2)nc2nc3ccccc3nc21. The van der Waals surface area contributed by atoms with Crippen molar-refractivity contribution in [2.75, 3.05) is 13.2 Å². The fraction of sp³-hybridized carbons (Fsp3) is 0.350. The van der Waals surface area contributed by atoms with E-state index in [1.165, 1.54) is 0 Å². The quantitative estimate of drug-likeness (QED) is 0.439. The normalized spacial score (nSPS) is 11.6. The molecular weight excluding hydrogens is 328 g/mol. The third-order valence-electron chi connectivity index (χ3n) is 4.31. The summed E-state index contributed by atoms with van der Waals surface area (Å²) in [5.41, 5.74) is 3.13. The Morgan fingerprint density at radius 3 is 2.54 bits per heavy atom. The molecule has 4 rings (SSSR count). The van der Waals surface area contributed by atoms with E-state index in [1.54, 1.807) is 6.26 Å². The second-order valence-corrected chi connectivity index (χ2v) is 6.24. The number of aromatic nitrogens is 4. The van der Waals surface area contributed by atoms with E-state index < -0.39 is 0 Å². The zero-order chi connectivity index (χ0) is 17.8. The minimum absolute atomic E-state index is 0.641. The molecule has 26 heavy (non-hydrogen) atoms. The molecule has 0 radical (unpaired) electrons. The molecule has 134 valence electrons. The average Bonchev–Trinajstić information content (AvgIpc) is 3.30. The van der Waals surface area contributed by atoms with E-state index in [9.17, 15) is 0 Å². The lowest BCUT2D eigenvalue weighted by Crippen LogP contribution is -2.06. The van der Waals surface area contributed by atoms with Crippen molar-refractivity contribution in [3.05, 3.63) is 42.7 Å². The summed E-state index contributed by atoms with van der Waals surface area (Å²) in [4.78, 5) is 14.2. The van der Waals surface area contributed by atoms with Crippen molar-refractivity contribution in [1.29, 1.82) is 0 Å². The van der Waals surface area contributed by atoms with Crippen LogP contribution in [-0.2, 0) is 11.3 Å². The monoisotopic (exact) mass is 350 g/mol. The van der Waals surface area contributed by atoms with Gasteiger partial charge >= 0.3 is 0 Å². The summed E-state index contributed by atoms with van der Waals surface area (Å²) in [6.45, 7) is 4.46. The van der Waals surface area contributed by atoms with Crippen LogP contribution >= 0.6 is 0 Å². The number of nitrogens with zero attached hydrogens (tertiary/aromatic N) is 4. The van der Waals surface area contributed by atoms with Gasteiger partial charge in [0.25, 0.3) is 0 Å². The predicted molar refractivity (Wildman–Crippen MR) is 101 cm³/mol. The molecule has 0 saturated heterocycles. The van der Waals surface area contributed by atoms with Gasteiger partial charge in [-0.1, -0.05) is 25.5 Å². The van der Waals surface area contributed by atoms with Gasteiger partial charge < -0.3 is 13.7 Å². The summed E-state index contributed by atoms with van der Waals surface area (Å²) in [7, 11) is 0. The van der Waals surface area contributed by atoms with Crippen molar-refractivity contribution >= 4 is 22.3 Å². The second kappa shape index (κ2) is 7.66. The molecule has 1 aromatic carbocycles. The standard InChI is InChI=1S/C20H22N4O2/c1-2-3-12-25-13-7-11-24-19(17-10-6-14-26-17)23-18-20(24)22-16-9-5-4-8-15(16)21-18/h4-6,8-10,14H,2-3,7,11-13H2,1H3. The third-order valence-corrected chi connectivity index (χ3v) is 4.31. The Morgan fingerprint density at radius 2 is 1.77 bits per heavy atom. The first-order valence-corrected chi connectivity index (χ1v) is 9.11. The number of hydrogen-bond acceptors (Lipinski definition) is 5. The molecule has 0 N–H and O–H groups in total. The van der Waals surface area contributed by atoms with Crippen LogP contribution < -0.4 is 0 Å². The summed E-state index contributed by atoms with van der Waals surface area (Å²) in [6.07, 6.45) is 4.79. The van der Waals surface area contributed by atoms with Crippen molar-refractivity contribution in [2.24, 2.45) is 0 Å². The van der Waals surface area contributed by atoms with Gasteiger partial charge in [-0.2, -0.15) is 0 Å². The molecule has 4 aromatic rings. The van der Waals surface area contributed by atoms with E-state index in [0.717, 1.165) is 67.3 Å². The van der Waals surface area contributed by atoms with Crippen LogP contribution in [0.2, 0.25) is 0 Å². The number of imidazole rings is 1. The van der Waals surface area contributed by atoms with Gasteiger partial charge in [-0.05, 0) is 37.1 Å². The summed E-state index contributed by atoms with van der Waals surface area (Å²) in [5, 5.41) is 0. The Morgan fingerprint density at radius 1 is 0.962 bits per heavy atom. The van der Waals surface area contributed by atoms with Crippen LogP contribution in [0.5, 0.6) is 0 Å². The van der Waals surface area contributed by atoms with Crippen LogP contribution in [-0.4, -0.2) is 32.7 Å². The van der Waals surface area contributed by atoms with E-state index in [0.29, 0.717) is 5.65 Å². The highest BCUT2D eigenvalue weighted by Crippen LogP contribution is 2.25. The van der Waals surface area contributed by atoms with Gasteiger partial charge in [0.1, 0.15) is 0 Å². The van der Waals surface area contributed by atoms with Crippen LogP contribution in [0.15, 0.2) is 47.1 Å². The maximum absolute atomic E-state index is 5.69. The molecule has 0 bridgehead atoms. The number of rotatable bonds is 8. The number of unbranched alkanes of at least 4 members (excludes halogenated alkanes) is 1.